The highest BCUT2D eigenvalue weighted by Crippen LogP contribution is 2.37. The number of hydrazone groups is 1. The van der Waals surface area contributed by atoms with Gasteiger partial charge in [0.15, 0.2) is 18.1 Å². The fourth-order valence-corrected chi connectivity index (χ4v) is 2.58. The van der Waals surface area contributed by atoms with Gasteiger partial charge in [0.2, 0.25) is 6.79 Å². The molecule has 9 nitrogen and oxygen atoms in total. The van der Waals surface area contributed by atoms with Gasteiger partial charge in [0.05, 0.1) is 22.8 Å². The standard InChI is InChI=1S/C18H17N3O6/c1-11-3-12(2)5-14(4-11)25-9-18(22)20-19-8-13-6-16-17(27-10-26-16)7-15(13)21(23)24/h3-8H,9-10H2,1-2H3,(H,20,22). The molecule has 2 aromatic carbocycles. The highest BCUT2D eigenvalue weighted by atomic mass is 16.7. The maximum absolute atomic E-state index is 11.9. The lowest BCUT2D eigenvalue weighted by Gasteiger charge is -2.07. The van der Waals surface area contributed by atoms with E-state index in [0.717, 1.165) is 11.1 Å². The minimum absolute atomic E-state index is 0.000404. The van der Waals surface area contributed by atoms with Crippen LogP contribution in [0.2, 0.25) is 0 Å². The van der Waals surface area contributed by atoms with Gasteiger partial charge in [0.1, 0.15) is 5.75 Å². The first-order chi connectivity index (χ1) is 12.9. The van der Waals surface area contributed by atoms with Crippen LogP contribution in [-0.4, -0.2) is 30.4 Å². The highest BCUT2D eigenvalue weighted by Gasteiger charge is 2.22. The van der Waals surface area contributed by atoms with E-state index in [1.54, 1.807) is 0 Å². The summed E-state index contributed by atoms with van der Waals surface area (Å²) in [6, 6.07) is 8.32. The maximum atomic E-state index is 11.9. The number of nitro benzene ring substituents is 1. The first-order valence-electron chi connectivity index (χ1n) is 8.03. The Morgan fingerprint density at radius 2 is 1.89 bits per heavy atom. The van der Waals surface area contributed by atoms with Gasteiger partial charge in [-0.3, -0.25) is 14.9 Å². The Morgan fingerprint density at radius 3 is 2.56 bits per heavy atom. The third-order valence-corrected chi connectivity index (χ3v) is 3.68. The minimum atomic E-state index is -0.561. The molecule has 0 aliphatic carbocycles. The molecule has 1 aliphatic rings. The van der Waals surface area contributed by atoms with Crippen molar-refractivity contribution in [3.8, 4) is 17.2 Å². The molecule has 0 fully saturated rings. The lowest BCUT2D eigenvalue weighted by atomic mass is 10.1. The average Bonchev–Trinajstić information content (AvgIpc) is 3.05. The van der Waals surface area contributed by atoms with Gasteiger partial charge in [-0.1, -0.05) is 6.07 Å². The second kappa shape index (κ2) is 7.73. The molecule has 2 aromatic rings. The summed E-state index contributed by atoms with van der Waals surface area (Å²) >= 11 is 0. The molecule has 9 heteroatoms. The van der Waals surface area contributed by atoms with E-state index >= 15 is 0 Å². The Bertz CT molecular complexity index is 905. The minimum Gasteiger partial charge on any atom is -0.484 e. The Morgan fingerprint density at radius 1 is 1.22 bits per heavy atom. The van der Waals surface area contributed by atoms with Crippen molar-refractivity contribution in [2.24, 2.45) is 5.10 Å². The van der Waals surface area contributed by atoms with Gasteiger partial charge < -0.3 is 14.2 Å². The van der Waals surface area contributed by atoms with Crippen molar-refractivity contribution >= 4 is 17.8 Å². The van der Waals surface area contributed by atoms with Crippen molar-refractivity contribution in [3.63, 3.8) is 0 Å². The van der Waals surface area contributed by atoms with Gasteiger partial charge in [-0.25, -0.2) is 5.43 Å². The molecule has 140 valence electrons. The van der Waals surface area contributed by atoms with Gasteiger partial charge in [0, 0.05) is 0 Å². The van der Waals surface area contributed by atoms with Crippen LogP contribution in [0.1, 0.15) is 16.7 Å². The van der Waals surface area contributed by atoms with Gasteiger partial charge in [-0.15, -0.1) is 0 Å². The normalized spacial score (nSPS) is 12.2. The largest absolute Gasteiger partial charge is 0.484 e. The van der Waals surface area contributed by atoms with E-state index in [2.05, 4.69) is 10.5 Å². The number of aryl methyl sites for hydroxylation is 2. The number of amides is 1. The van der Waals surface area contributed by atoms with E-state index in [1.165, 1.54) is 18.3 Å². The predicted octanol–water partition coefficient (Wildman–Crippen LogP) is 2.47. The van der Waals surface area contributed by atoms with Crippen molar-refractivity contribution in [1.82, 2.24) is 5.43 Å². The number of hydrogen-bond acceptors (Lipinski definition) is 7. The smallest absolute Gasteiger partial charge is 0.282 e. The summed E-state index contributed by atoms with van der Waals surface area (Å²) in [6.45, 7) is 3.63. The molecule has 27 heavy (non-hydrogen) atoms. The quantitative estimate of drug-likeness (QED) is 0.474. The molecule has 0 aromatic heterocycles. The van der Waals surface area contributed by atoms with Crippen LogP contribution in [0.4, 0.5) is 5.69 Å². The van der Waals surface area contributed by atoms with E-state index < -0.39 is 10.8 Å². The van der Waals surface area contributed by atoms with Crippen molar-refractivity contribution < 1.29 is 23.9 Å². The van der Waals surface area contributed by atoms with Crippen LogP contribution in [0.15, 0.2) is 35.4 Å². The fraction of sp³-hybridized carbons (Fsp3) is 0.222. The summed E-state index contributed by atoms with van der Waals surface area (Å²) in [7, 11) is 0. The van der Waals surface area contributed by atoms with Crippen molar-refractivity contribution in [2.45, 2.75) is 13.8 Å². The Hall–Kier alpha value is -3.62. The molecule has 0 saturated carbocycles. The number of benzene rings is 2. The van der Waals surface area contributed by atoms with Gasteiger partial charge in [0.25, 0.3) is 11.6 Å². The third kappa shape index (κ3) is 4.51. The van der Waals surface area contributed by atoms with Crippen LogP contribution in [0.3, 0.4) is 0 Å². The maximum Gasteiger partial charge on any atom is 0.282 e. The van der Waals surface area contributed by atoms with E-state index in [1.807, 2.05) is 32.0 Å². The second-order valence-corrected chi connectivity index (χ2v) is 5.93. The van der Waals surface area contributed by atoms with Crippen LogP contribution in [0.25, 0.3) is 0 Å². The van der Waals surface area contributed by atoms with Gasteiger partial charge >= 0.3 is 0 Å². The zero-order chi connectivity index (χ0) is 19.4. The number of fused-ring (bicyclic) bond motifs is 1. The molecule has 3 rings (SSSR count). The third-order valence-electron chi connectivity index (χ3n) is 3.68. The molecule has 1 heterocycles. The molecule has 1 aliphatic heterocycles. The summed E-state index contributed by atoms with van der Waals surface area (Å²) in [6.07, 6.45) is 1.18. The molecular weight excluding hydrogens is 354 g/mol. The molecule has 1 amide bonds. The molecule has 0 saturated heterocycles. The van der Waals surface area contributed by atoms with Crippen LogP contribution in [-0.2, 0) is 4.79 Å². The Balaban J connectivity index is 1.61. The number of nitro groups is 1. The van der Waals surface area contributed by atoms with Crippen molar-refractivity contribution in [3.05, 3.63) is 57.1 Å². The monoisotopic (exact) mass is 371 g/mol. The first-order valence-corrected chi connectivity index (χ1v) is 8.03. The zero-order valence-electron chi connectivity index (χ0n) is 14.7. The van der Waals surface area contributed by atoms with Crippen LogP contribution >= 0.6 is 0 Å². The SMILES string of the molecule is Cc1cc(C)cc(OCC(=O)NN=Cc2cc3c(cc2[N+](=O)[O-])OCO3)c1. The van der Waals surface area contributed by atoms with Crippen molar-refractivity contribution in [1.29, 1.82) is 0 Å². The van der Waals surface area contributed by atoms with E-state index in [9.17, 15) is 14.9 Å². The number of ether oxygens (including phenoxy) is 3. The van der Waals surface area contributed by atoms with Crippen LogP contribution in [0, 0.1) is 24.0 Å². The first kappa shape index (κ1) is 18.2. The highest BCUT2D eigenvalue weighted by molar-refractivity contribution is 5.88. The van der Waals surface area contributed by atoms with Crippen LogP contribution in [0.5, 0.6) is 17.2 Å². The number of nitrogens with one attached hydrogen (secondary N) is 1. The van der Waals surface area contributed by atoms with Gasteiger partial charge in [-0.05, 0) is 43.2 Å². The summed E-state index contributed by atoms with van der Waals surface area (Å²) in [5.41, 5.74) is 4.30. The topological polar surface area (TPSA) is 112 Å². The number of rotatable bonds is 6. The number of nitrogens with zero attached hydrogens (tertiary/aromatic N) is 2. The average molecular weight is 371 g/mol. The predicted molar refractivity (Wildman–Crippen MR) is 96.4 cm³/mol. The van der Waals surface area contributed by atoms with E-state index in [0.29, 0.717) is 17.2 Å². The summed E-state index contributed by atoms with van der Waals surface area (Å²) < 4.78 is 15.7. The fourth-order valence-electron chi connectivity index (χ4n) is 2.58. The molecule has 0 bridgehead atoms. The summed E-state index contributed by atoms with van der Waals surface area (Å²) in [5.74, 6) is 0.767. The molecule has 0 atom stereocenters. The van der Waals surface area contributed by atoms with Crippen LogP contribution < -0.4 is 19.6 Å². The lowest BCUT2D eigenvalue weighted by molar-refractivity contribution is -0.385. The Kier molecular flexibility index (Phi) is 5.20. The Labute approximate surface area is 154 Å². The summed E-state index contributed by atoms with van der Waals surface area (Å²) in [5, 5.41) is 14.9. The molecule has 0 spiro atoms. The second-order valence-electron chi connectivity index (χ2n) is 5.93. The molecular formula is C18H17N3O6. The molecule has 0 radical (unpaired) electrons. The lowest BCUT2D eigenvalue weighted by Crippen LogP contribution is -2.24. The molecule has 1 N–H and O–H groups in total. The molecule has 0 unspecified atom stereocenters. The van der Waals surface area contributed by atoms with Gasteiger partial charge in [-0.2, -0.15) is 5.10 Å². The van der Waals surface area contributed by atoms with Crippen molar-refractivity contribution in [2.75, 3.05) is 13.4 Å². The number of carbonyl (C=O) groups excluding carboxylic acids is 1. The number of hydrogen-bond donors (Lipinski definition) is 1. The number of carbonyl (C=O) groups is 1. The van der Waals surface area contributed by atoms with E-state index in [4.69, 9.17) is 14.2 Å². The zero-order valence-corrected chi connectivity index (χ0v) is 14.7. The van der Waals surface area contributed by atoms with E-state index in [-0.39, 0.29) is 24.7 Å². The summed E-state index contributed by atoms with van der Waals surface area (Å²) in [4.78, 5) is 22.5.